The average Bonchev–Trinajstić information content (AvgIpc) is 2.81. The molecule has 1 aromatic carbocycles. The summed E-state index contributed by atoms with van der Waals surface area (Å²) in [5, 5.41) is 14.9. The Balaban J connectivity index is 2.07. The smallest absolute Gasteiger partial charge is 0.171 e. The fourth-order valence-corrected chi connectivity index (χ4v) is 3.27. The van der Waals surface area contributed by atoms with E-state index < -0.39 is 17.6 Å². The zero-order valence-electron chi connectivity index (χ0n) is 10.1. The van der Waals surface area contributed by atoms with Crippen molar-refractivity contribution in [3.8, 4) is 0 Å². The van der Waals surface area contributed by atoms with Crippen LogP contribution in [0.25, 0.3) is 0 Å². The van der Waals surface area contributed by atoms with E-state index in [0.717, 1.165) is 0 Å². The molecular weight excluding hydrogens is 289 g/mol. The average molecular weight is 300 g/mol. The second-order valence-electron chi connectivity index (χ2n) is 5.08. The molecule has 19 heavy (non-hydrogen) atoms. The molecule has 100 valence electrons. The molecule has 1 fully saturated rings. The van der Waals surface area contributed by atoms with E-state index in [-0.39, 0.29) is 12.2 Å². The zero-order chi connectivity index (χ0) is 13.8. The Bertz CT molecular complexity index is 577. The first-order chi connectivity index (χ1) is 8.92. The highest BCUT2D eigenvalue weighted by Gasteiger charge is 2.57. The van der Waals surface area contributed by atoms with Crippen molar-refractivity contribution in [3.05, 3.63) is 33.8 Å². The molecule has 0 unspecified atom stereocenters. The molecule has 4 nitrogen and oxygen atoms in total. The van der Waals surface area contributed by atoms with Gasteiger partial charge in [-0.15, -0.1) is 0 Å². The number of Topliss-reactive ketones (excluding diaryl/α,β-unsaturated/α-hetero) is 1. The third-order valence-corrected chi connectivity index (χ3v) is 4.20. The molecule has 1 aliphatic carbocycles. The van der Waals surface area contributed by atoms with Crippen LogP contribution < -0.4 is 0 Å². The second-order valence-corrected chi connectivity index (χ2v) is 5.89. The summed E-state index contributed by atoms with van der Waals surface area (Å²) in [6.07, 6.45) is -0.619. The number of rotatable bonds is 1. The highest BCUT2D eigenvalue weighted by molar-refractivity contribution is 6.41. The van der Waals surface area contributed by atoms with Crippen molar-refractivity contribution in [2.75, 3.05) is 0 Å². The van der Waals surface area contributed by atoms with Crippen molar-refractivity contribution in [1.29, 1.82) is 0 Å². The summed E-state index contributed by atoms with van der Waals surface area (Å²) >= 11 is 12.2. The monoisotopic (exact) mass is 299 g/mol. The van der Waals surface area contributed by atoms with Gasteiger partial charge in [0.05, 0.1) is 10.0 Å². The number of carbonyl (C=O) groups is 1. The molecule has 0 aromatic heterocycles. The van der Waals surface area contributed by atoms with Crippen LogP contribution in [0.5, 0.6) is 0 Å². The predicted octanol–water partition coefficient (Wildman–Crippen LogP) is 2.44. The molecule has 1 N–H and O–H groups in total. The summed E-state index contributed by atoms with van der Waals surface area (Å²) in [5.41, 5.74) is -0.298. The van der Waals surface area contributed by atoms with Gasteiger partial charge in [-0.25, -0.2) is 0 Å². The van der Waals surface area contributed by atoms with Gasteiger partial charge >= 0.3 is 0 Å². The van der Waals surface area contributed by atoms with E-state index >= 15 is 0 Å². The fraction of sp³-hybridized carbons (Fsp3) is 0.385. The summed E-state index contributed by atoms with van der Waals surface area (Å²) in [7, 11) is 0. The van der Waals surface area contributed by atoms with Crippen LogP contribution >= 0.6 is 23.2 Å². The molecule has 0 bridgehead atoms. The highest BCUT2D eigenvalue weighted by Crippen LogP contribution is 2.42. The van der Waals surface area contributed by atoms with Crippen LogP contribution in [0.15, 0.2) is 23.4 Å². The summed E-state index contributed by atoms with van der Waals surface area (Å²) in [6, 6.07) is 5.07. The van der Waals surface area contributed by atoms with Crippen molar-refractivity contribution in [2.24, 2.45) is 11.1 Å². The maximum absolute atomic E-state index is 12.1. The highest BCUT2D eigenvalue weighted by atomic mass is 35.5. The van der Waals surface area contributed by atoms with Crippen molar-refractivity contribution in [1.82, 2.24) is 0 Å². The molecule has 6 heteroatoms. The Hall–Kier alpha value is -1.10. The van der Waals surface area contributed by atoms with Crippen LogP contribution in [0.2, 0.25) is 10.0 Å². The number of carbonyl (C=O) groups excluding carboxylic acids is 1. The van der Waals surface area contributed by atoms with Gasteiger partial charge in [-0.1, -0.05) is 34.4 Å². The van der Waals surface area contributed by atoms with E-state index in [9.17, 15) is 9.90 Å². The van der Waals surface area contributed by atoms with E-state index in [4.69, 9.17) is 28.0 Å². The van der Waals surface area contributed by atoms with Gasteiger partial charge in [-0.05, 0) is 19.1 Å². The van der Waals surface area contributed by atoms with E-state index in [0.29, 0.717) is 21.3 Å². The quantitative estimate of drug-likeness (QED) is 0.866. The molecule has 1 heterocycles. The Labute approximate surface area is 119 Å². The number of benzene rings is 1. The predicted molar refractivity (Wildman–Crippen MR) is 71.6 cm³/mol. The van der Waals surface area contributed by atoms with E-state index in [1.807, 2.05) is 0 Å². The molecule has 0 radical (unpaired) electrons. The van der Waals surface area contributed by atoms with Crippen LogP contribution in [0.1, 0.15) is 18.9 Å². The van der Waals surface area contributed by atoms with E-state index in [1.165, 1.54) is 0 Å². The first kappa shape index (κ1) is 12.9. The van der Waals surface area contributed by atoms with E-state index in [1.54, 1.807) is 25.1 Å². The van der Waals surface area contributed by atoms with Gasteiger partial charge in [0.1, 0.15) is 23.0 Å². The number of oxime groups is 1. The van der Waals surface area contributed by atoms with Gasteiger partial charge in [0, 0.05) is 12.0 Å². The van der Waals surface area contributed by atoms with Gasteiger partial charge in [0.25, 0.3) is 0 Å². The van der Waals surface area contributed by atoms with Crippen LogP contribution in [0, 0.1) is 5.92 Å². The number of aliphatic hydroxyl groups is 1. The molecule has 0 saturated heterocycles. The maximum atomic E-state index is 12.1. The standard InChI is InChI=1S/C13H11Cl2NO3/c1-13(18)5-8(17)10-11(16-19-12(10)13)9-6(14)3-2-4-7(9)15/h2-4,10,12,18H,5H2,1H3/t10-,12+,13-/m1/s1. The summed E-state index contributed by atoms with van der Waals surface area (Å²) in [4.78, 5) is 17.3. The lowest BCUT2D eigenvalue weighted by Crippen LogP contribution is -2.37. The zero-order valence-corrected chi connectivity index (χ0v) is 11.6. The Kier molecular flexibility index (Phi) is 2.85. The minimum atomic E-state index is -1.21. The number of ketones is 1. The van der Waals surface area contributed by atoms with Crippen LogP contribution in [0.4, 0.5) is 0 Å². The molecule has 1 aliphatic heterocycles. The minimum Gasteiger partial charge on any atom is -0.388 e. The number of nitrogens with zero attached hydrogens (tertiary/aromatic N) is 1. The lowest BCUT2D eigenvalue weighted by Gasteiger charge is -2.21. The molecule has 0 spiro atoms. The minimum absolute atomic E-state index is 0.0451. The van der Waals surface area contributed by atoms with Gasteiger partial charge in [0.15, 0.2) is 6.10 Å². The molecule has 3 rings (SSSR count). The molecule has 2 aliphatic rings. The topological polar surface area (TPSA) is 58.9 Å². The summed E-state index contributed by atoms with van der Waals surface area (Å²) in [6.45, 7) is 1.57. The lowest BCUT2D eigenvalue weighted by atomic mass is 9.91. The van der Waals surface area contributed by atoms with Crippen molar-refractivity contribution in [3.63, 3.8) is 0 Å². The van der Waals surface area contributed by atoms with Crippen LogP contribution in [0.3, 0.4) is 0 Å². The third kappa shape index (κ3) is 1.86. The maximum Gasteiger partial charge on any atom is 0.171 e. The van der Waals surface area contributed by atoms with Gasteiger partial charge < -0.3 is 9.94 Å². The molecular formula is C13H11Cl2NO3. The number of hydrogen-bond donors (Lipinski definition) is 1. The normalized spacial score (nSPS) is 33.1. The Morgan fingerprint density at radius 3 is 2.68 bits per heavy atom. The second kappa shape index (κ2) is 4.20. The van der Waals surface area contributed by atoms with Gasteiger partial charge in [-0.2, -0.15) is 0 Å². The first-order valence-corrected chi connectivity index (χ1v) is 6.60. The number of halogens is 2. The Morgan fingerprint density at radius 2 is 2.05 bits per heavy atom. The SMILES string of the molecule is C[C@@]1(O)CC(=O)[C@@H]2C(c3c(Cl)cccc3Cl)=NO[C@@H]21. The Morgan fingerprint density at radius 1 is 1.42 bits per heavy atom. The van der Waals surface area contributed by atoms with Crippen molar-refractivity contribution < 1.29 is 14.7 Å². The molecule has 0 amide bonds. The van der Waals surface area contributed by atoms with E-state index in [2.05, 4.69) is 5.16 Å². The lowest BCUT2D eigenvalue weighted by molar-refractivity contribution is -0.119. The van der Waals surface area contributed by atoms with Crippen LogP contribution in [-0.2, 0) is 9.63 Å². The molecule has 1 saturated carbocycles. The van der Waals surface area contributed by atoms with Crippen molar-refractivity contribution >= 4 is 34.7 Å². The largest absolute Gasteiger partial charge is 0.388 e. The molecule has 3 atom stereocenters. The van der Waals surface area contributed by atoms with Crippen LogP contribution in [-0.4, -0.2) is 28.3 Å². The summed E-state index contributed by atoms with van der Waals surface area (Å²) in [5.74, 6) is -0.713. The van der Waals surface area contributed by atoms with Crippen molar-refractivity contribution in [2.45, 2.75) is 25.0 Å². The van der Waals surface area contributed by atoms with Gasteiger partial charge in [0.2, 0.25) is 0 Å². The third-order valence-electron chi connectivity index (χ3n) is 3.57. The van der Waals surface area contributed by atoms with Gasteiger partial charge in [-0.3, -0.25) is 4.79 Å². The first-order valence-electron chi connectivity index (χ1n) is 5.85. The summed E-state index contributed by atoms with van der Waals surface area (Å²) < 4.78 is 0. The number of fused-ring (bicyclic) bond motifs is 1. The number of hydrogen-bond acceptors (Lipinski definition) is 4. The molecule has 1 aromatic rings. The fourth-order valence-electron chi connectivity index (χ4n) is 2.68.